The smallest absolute Gasteiger partial charge is 0.312 e. The lowest BCUT2D eigenvalue weighted by atomic mass is 10.3. The largest absolute Gasteiger partial charge is 0.493 e. The number of aromatic nitrogens is 4. The van der Waals surface area contributed by atoms with Crippen LogP contribution >= 0.6 is 23.4 Å². The first kappa shape index (κ1) is 23.2. The number of nitrogen functional groups attached to an aromatic ring is 1. The summed E-state index contributed by atoms with van der Waals surface area (Å²) in [5, 5.41) is 0.789. The van der Waals surface area contributed by atoms with Crippen LogP contribution in [0.25, 0.3) is 11.2 Å². The van der Waals surface area contributed by atoms with E-state index in [4.69, 9.17) is 36.3 Å². The number of benzene rings is 1. The van der Waals surface area contributed by atoms with Gasteiger partial charge in [-0.1, -0.05) is 11.6 Å². The van der Waals surface area contributed by atoms with Crippen molar-refractivity contribution in [1.29, 1.82) is 0 Å². The first-order valence-corrected chi connectivity index (χ1v) is 10.5. The Kier molecular flexibility index (Phi) is 7.29. The van der Waals surface area contributed by atoms with Gasteiger partial charge >= 0.3 is 6.08 Å². The Balaban J connectivity index is 2.11. The summed E-state index contributed by atoms with van der Waals surface area (Å²) in [4.78, 5) is 12.6. The molecule has 2 aromatic heterocycles. The lowest BCUT2D eigenvalue weighted by molar-refractivity contribution is 0.0720. The molecule has 0 atom stereocenters. The van der Waals surface area contributed by atoms with Crippen LogP contribution in [0.5, 0.6) is 17.2 Å². The lowest BCUT2D eigenvalue weighted by Gasteiger charge is -2.16. The fraction of sp³-hybridized carbons (Fsp3) is 0.421. The topological polar surface area (TPSA) is 107 Å². The SMILES string of the molecule is COc1cc(Sc2nc3c(N)nc(F)nc3n2CCOC(C)C)c(Cl)c(OC)c1OC. The number of imidazole rings is 1. The van der Waals surface area contributed by atoms with E-state index in [1.807, 2.05) is 13.8 Å². The van der Waals surface area contributed by atoms with Gasteiger partial charge in [0.05, 0.1) is 40.6 Å². The van der Waals surface area contributed by atoms with Gasteiger partial charge in [0.1, 0.15) is 5.02 Å². The van der Waals surface area contributed by atoms with Gasteiger partial charge < -0.3 is 29.2 Å². The number of halogens is 2. The second kappa shape index (κ2) is 9.75. The number of anilines is 1. The zero-order valence-corrected chi connectivity index (χ0v) is 19.3. The number of hydrogen-bond donors (Lipinski definition) is 1. The second-order valence-corrected chi connectivity index (χ2v) is 7.96. The summed E-state index contributed by atoms with van der Waals surface area (Å²) in [6.45, 7) is 4.59. The van der Waals surface area contributed by atoms with Crippen molar-refractivity contribution in [2.24, 2.45) is 0 Å². The minimum absolute atomic E-state index is 0.0341. The third kappa shape index (κ3) is 4.73. The molecule has 0 radical (unpaired) electrons. The van der Waals surface area contributed by atoms with Gasteiger partial charge in [-0.25, -0.2) is 4.98 Å². The van der Waals surface area contributed by atoms with E-state index < -0.39 is 6.08 Å². The quantitative estimate of drug-likeness (QED) is 0.466. The van der Waals surface area contributed by atoms with E-state index >= 15 is 0 Å². The number of ether oxygens (including phenoxy) is 4. The third-order valence-electron chi connectivity index (χ3n) is 4.26. The Hall–Kier alpha value is -2.50. The van der Waals surface area contributed by atoms with Gasteiger partial charge in [-0.2, -0.15) is 14.4 Å². The molecule has 2 N–H and O–H groups in total. The van der Waals surface area contributed by atoms with Crippen LogP contribution < -0.4 is 19.9 Å². The molecule has 2 heterocycles. The van der Waals surface area contributed by atoms with Gasteiger partial charge in [-0.15, -0.1) is 0 Å². The number of hydrogen-bond acceptors (Lipinski definition) is 9. The summed E-state index contributed by atoms with van der Waals surface area (Å²) in [6.07, 6.45) is -0.898. The summed E-state index contributed by atoms with van der Waals surface area (Å²) in [5.41, 5.74) is 6.43. The maximum absolute atomic E-state index is 13.9. The predicted octanol–water partition coefficient (Wildman–Crippen LogP) is 3.80. The van der Waals surface area contributed by atoms with Gasteiger partial charge in [0.15, 0.2) is 33.6 Å². The van der Waals surface area contributed by atoms with E-state index in [0.29, 0.717) is 45.5 Å². The van der Waals surface area contributed by atoms with Crippen LogP contribution in [0.1, 0.15) is 13.8 Å². The van der Waals surface area contributed by atoms with Crippen molar-refractivity contribution in [1.82, 2.24) is 19.5 Å². The second-order valence-electron chi connectivity index (χ2n) is 6.58. The highest BCUT2D eigenvalue weighted by atomic mass is 35.5. The molecule has 3 rings (SSSR count). The first-order valence-electron chi connectivity index (χ1n) is 9.27. The van der Waals surface area contributed by atoms with Crippen molar-refractivity contribution < 1.29 is 23.3 Å². The van der Waals surface area contributed by atoms with E-state index in [-0.39, 0.29) is 23.1 Å². The van der Waals surface area contributed by atoms with Crippen LogP contribution in [-0.4, -0.2) is 53.6 Å². The van der Waals surface area contributed by atoms with Gasteiger partial charge in [0, 0.05) is 4.90 Å². The zero-order valence-electron chi connectivity index (χ0n) is 17.7. The molecule has 168 valence electrons. The molecule has 0 saturated heterocycles. The zero-order chi connectivity index (χ0) is 22.7. The molecule has 12 heteroatoms. The Morgan fingerprint density at radius 1 is 1.13 bits per heavy atom. The molecule has 31 heavy (non-hydrogen) atoms. The van der Waals surface area contributed by atoms with Crippen LogP contribution in [0.4, 0.5) is 10.2 Å². The average molecular weight is 472 g/mol. The van der Waals surface area contributed by atoms with E-state index in [2.05, 4.69) is 15.0 Å². The van der Waals surface area contributed by atoms with E-state index in [1.165, 1.54) is 33.1 Å². The highest BCUT2D eigenvalue weighted by Gasteiger charge is 2.23. The summed E-state index contributed by atoms with van der Waals surface area (Å²) in [5.74, 6) is 1.07. The monoisotopic (exact) mass is 471 g/mol. The third-order valence-corrected chi connectivity index (χ3v) is 5.79. The van der Waals surface area contributed by atoms with Crippen LogP contribution in [0.15, 0.2) is 16.1 Å². The lowest BCUT2D eigenvalue weighted by Crippen LogP contribution is -2.12. The normalized spacial score (nSPS) is 11.4. The summed E-state index contributed by atoms with van der Waals surface area (Å²) >= 11 is 7.79. The molecule has 0 aliphatic rings. The standard InChI is InChI=1S/C19H23ClFN5O4S/c1-9(2)30-7-6-26-17-13(16(22)24-18(21)25-17)23-19(26)31-11-8-10(27-3)14(28-4)15(29-5)12(11)20/h8-9H,6-7H2,1-5H3,(H2,22,24,25). The van der Waals surface area contributed by atoms with Gasteiger partial charge in [-0.05, 0) is 31.7 Å². The first-order chi connectivity index (χ1) is 14.8. The summed E-state index contributed by atoms with van der Waals surface area (Å²) in [6, 6.07) is 1.71. The van der Waals surface area contributed by atoms with Gasteiger partial charge in [-0.3, -0.25) is 0 Å². The molecule has 0 amide bonds. The Bertz CT molecular complexity index is 1100. The molecular weight excluding hydrogens is 449 g/mol. The van der Waals surface area contributed by atoms with Crippen LogP contribution in [0.2, 0.25) is 5.02 Å². The molecule has 0 aliphatic heterocycles. The molecule has 3 aromatic rings. The Labute approximate surface area is 188 Å². The molecular formula is C19H23ClFN5O4S. The van der Waals surface area contributed by atoms with E-state index in [0.717, 1.165) is 0 Å². The summed E-state index contributed by atoms with van der Waals surface area (Å²) in [7, 11) is 4.49. The number of nitrogens with two attached hydrogens (primary N) is 1. The fourth-order valence-electron chi connectivity index (χ4n) is 2.90. The highest BCUT2D eigenvalue weighted by Crippen LogP contribution is 2.49. The predicted molar refractivity (Wildman–Crippen MR) is 116 cm³/mol. The molecule has 0 aliphatic carbocycles. The van der Waals surface area contributed by atoms with Crippen molar-refractivity contribution in [3.63, 3.8) is 0 Å². The molecule has 9 nitrogen and oxygen atoms in total. The van der Waals surface area contributed by atoms with Crippen molar-refractivity contribution in [2.75, 3.05) is 33.7 Å². The molecule has 0 bridgehead atoms. The Morgan fingerprint density at radius 3 is 2.45 bits per heavy atom. The maximum atomic E-state index is 13.9. The maximum Gasteiger partial charge on any atom is 0.312 e. The molecule has 0 unspecified atom stereocenters. The van der Waals surface area contributed by atoms with Crippen molar-refractivity contribution in [2.45, 2.75) is 36.5 Å². The van der Waals surface area contributed by atoms with Crippen molar-refractivity contribution >= 4 is 40.3 Å². The molecule has 0 fully saturated rings. The minimum atomic E-state index is -0.932. The Morgan fingerprint density at radius 2 is 1.84 bits per heavy atom. The number of methoxy groups -OCH3 is 3. The van der Waals surface area contributed by atoms with Crippen molar-refractivity contribution in [3.05, 3.63) is 17.2 Å². The van der Waals surface area contributed by atoms with Crippen LogP contribution in [0, 0.1) is 6.08 Å². The highest BCUT2D eigenvalue weighted by molar-refractivity contribution is 7.99. The number of nitrogens with zero attached hydrogens (tertiary/aromatic N) is 4. The summed E-state index contributed by atoms with van der Waals surface area (Å²) < 4.78 is 37.4. The van der Waals surface area contributed by atoms with Gasteiger partial charge in [0.25, 0.3) is 0 Å². The minimum Gasteiger partial charge on any atom is -0.493 e. The molecule has 1 aromatic carbocycles. The van der Waals surface area contributed by atoms with Crippen LogP contribution in [0.3, 0.4) is 0 Å². The fourth-order valence-corrected chi connectivity index (χ4v) is 4.21. The molecule has 0 saturated carbocycles. The number of fused-ring (bicyclic) bond motifs is 1. The average Bonchev–Trinajstić information content (AvgIpc) is 3.06. The van der Waals surface area contributed by atoms with Gasteiger partial charge in [0.2, 0.25) is 5.75 Å². The van der Waals surface area contributed by atoms with Crippen molar-refractivity contribution in [3.8, 4) is 17.2 Å². The van der Waals surface area contributed by atoms with E-state index in [1.54, 1.807) is 10.6 Å². The van der Waals surface area contributed by atoms with E-state index in [9.17, 15) is 4.39 Å². The number of rotatable bonds is 9. The van der Waals surface area contributed by atoms with Crippen LogP contribution in [-0.2, 0) is 11.3 Å². The molecule has 0 spiro atoms.